The molecule has 4 heteroatoms. The lowest BCUT2D eigenvalue weighted by atomic mass is 10.3. The van der Waals surface area contributed by atoms with Crippen LogP contribution < -0.4 is 5.43 Å². The summed E-state index contributed by atoms with van der Waals surface area (Å²) < 4.78 is 1.88. The molecule has 0 spiro atoms. The first-order valence-electron chi connectivity index (χ1n) is 4.51. The normalized spacial score (nSPS) is 10.2. The topological polar surface area (TPSA) is 34.9 Å². The standard InChI is InChI=1S/C11H9ClN2O/c12-11-9(2-1-5-13-11)8-14-6-3-10(15)4-7-14/h1-7H,8H2. The van der Waals surface area contributed by atoms with E-state index in [9.17, 15) is 4.79 Å². The average Bonchev–Trinajstić information content (AvgIpc) is 2.25. The van der Waals surface area contributed by atoms with Gasteiger partial charge in [0.1, 0.15) is 5.15 Å². The molecule has 0 unspecified atom stereocenters. The zero-order chi connectivity index (χ0) is 10.7. The lowest BCUT2D eigenvalue weighted by Gasteiger charge is -2.06. The summed E-state index contributed by atoms with van der Waals surface area (Å²) in [6.45, 7) is 0.618. The maximum atomic E-state index is 10.9. The highest BCUT2D eigenvalue weighted by Gasteiger charge is 1.99. The van der Waals surface area contributed by atoms with Gasteiger partial charge in [0.05, 0.1) is 6.54 Å². The Labute approximate surface area is 92.0 Å². The number of rotatable bonds is 2. The fraction of sp³-hybridized carbons (Fsp3) is 0.0909. The van der Waals surface area contributed by atoms with Crippen LogP contribution in [-0.4, -0.2) is 9.55 Å². The van der Waals surface area contributed by atoms with Crippen molar-refractivity contribution in [2.45, 2.75) is 6.54 Å². The first kappa shape index (κ1) is 9.93. The summed E-state index contributed by atoms with van der Waals surface area (Å²) in [5, 5.41) is 0.496. The Hall–Kier alpha value is -1.61. The Balaban J connectivity index is 2.26. The van der Waals surface area contributed by atoms with Gasteiger partial charge in [-0.3, -0.25) is 4.79 Å². The van der Waals surface area contributed by atoms with Crippen LogP contribution in [0.5, 0.6) is 0 Å². The lowest BCUT2D eigenvalue weighted by Crippen LogP contribution is -2.05. The van der Waals surface area contributed by atoms with Gasteiger partial charge in [0.2, 0.25) is 0 Å². The molecule has 0 N–H and O–H groups in total. The summed E-state index contributed by atoms with van der Waals surface area (Å²) in [4.78, 5) is 14.9. The van der Waals surface area contributed by atoms with Crippen LogP contribution in [0.2, 0.25) is 5.15 Å². The van der Waals surface area contributed by atoms with Gasteiger partial charge in [0, 0.05) is 36.3 Å². The van der Waals surface area contributed by atoms with Crippen molar-refractivity contribution < 1.29 is 0 Å². The lowest BCUT2D eigenvalue weighted by molar-refractivity contribution is 0.785. The largest absolute Gasteiger partial charge is 0.350 e. The molecule has 2 heterocycles. The average molecular weight is 221 g/mol. The maximum Gasteiger partial charge on any atom is 0.181 e. The molecule has 2 aromatic rings. The van der Waals surface area contributed by atoms with Crippen molar-refractivity contribution in [3.05, 3.63) is 63.8 Å². The Morgan fingerprint density at radius 2 is 2.00 bits per heavy atom. The molecule has 0 aliphatic carbocycles. The quantitative estimate of drug-likeness (QED) is 0.725. The molecule has 0 amide bonds. The monoisotopic (exact) mass is 220 g/mol. The summed E-state index contributed by atoms with van der Waals surface area (Å²) in [7, 11) is 0. The van der Waals surface area contributed by atoms with Crippen molar-refractivity contribution in [2.75, 3.05) is 0 Å². The molecule has 2 rings (SSSR count). The summed E-state index contributed by atoms with van der Waals surface area (Å²) >= 11 is 5.92. The van der Waals surface area contributed by atoms with Gasteiger partial charge >= 0.3 is 0 Å². The van der Waals surface area contributed by atoms with Crippen LogP contribution in [0.3, 0.4) is 0 Å². The highest BCUT2D eigenvalue weighted by molar-refractivity contribution is 6.30. The molecule has 2 aromatic heterocycles. The van der Waals surface area contributed by atoms with E-state index >= 15 is 0 Å². The number of aromatic nitrogens is 2. The predicted octanol–water partition coefficient (Wildman–Crippen LogP) is 1.95. The number of hydrogen-bond donors (Lipinski definition) is 0. The fourth-order valence-electron chi connectivity index (χ4n) is 1.28. The van der Waals surface area contributed by atoms with Crippen molar-refractivity contribution >= 4 is 11.6 Å². The second kappa shape index (κ2) is 4.28. The second-order valence-corrected chi connectivity index (χ2v) is 3.52. The van der Waals surface area contributed by atoms with E-state index in [0.717, 1.165) is 5.56 Å². The molecular weight excluding hydrogens is 212 g/mol. The van der Waals surface area contributed by atoms with Crippen LogP contribution in [0.4, 0.5) is 0 Å². The van der Waals surface area contributed by atoms with Crippen LogP contribution in [0.25, 0.3) is 0 Å². The van der Waals surface area contributed by atoms with Gasteiger partial charge < -0.3 is 4.57 Å². The van der Waals surface area contributed by atoms with Gasteiger partial charge in [-0.2, -0.15) is 0 Å². The van der Waals surface area contributed by atoms with Crippen LogP contribution in [0.15, 0.2) is 47.7 Å². The molecular formula is C11H9ClN2O. The SMILES string of the molecule is O=c1ccn(Cc2cccnc2Cl)cc1. The molecule has 0 aliphatic heterocycles. The van der Waals surface area contributed by atoms with Gasteiger partial charge in [0.25, 0.3) is 0 Å². The van der Waals surface area contributed by atoms with Crippen molar-refractivity contribution in [1.29, 1.82) is 0 Å². The van der Waals surface area contributed by atoms with E-state index in [0.29, 0.717) is 11.7 Å². The predicted molar refractivity (Wildman–Crippen MR) is 59.1 cm³/mol. The molecule has 0 radical (unpaired) electrons. The molecule has 0 aliphatic rings. The van der Waals surface area contributed by atoms with E-state index in [1.54, 1.807) is 18.6 Å². The molecule has 76 valence electrons. The van der Waals surface area contributed by atoms with E-state index < -0.39 is 0 Å². The molecule has 3 nitrogen and oxygen atoms in total. The zero-order valence-electron chi connectivity index (χ0n) is 7.93. The molecule has 0 saturated carbocycles. The van der Waals surface area contributed by atoms with Crippen LogP contribution >= 0.6 is 11.6 Å². The summed E-state index contributed by atoms with van der Waals surface area (Å²) in [5.41, 5.74) is 0.936. The third kappa shape index (κ3) is 2.44. The zero-order valence-corrected chi connectivity index (χ0v) is 8.69. The van der Waals surface area contributed by atoms with Crippen LogP contribution in [0, 0.1) is 0 Å². The van der Waals surface area contributed by atoms with Gasteiger partial charge in [0.15, 0.2) is 5.43 Å². The molecule has 0 aromatic carbocycles. The van der Waals surface area contributed by atoms with Gasteiger partial charge in [-0.25, -0.2) is 4.98 Å². The number of halogens is 1. The Morgan fingerprint density at radius 3 is 2.67 bits per heavy atom. The van der Waals surface area contributed by atoms with E-state index in [2.05, 4.69) is 4.98 Å². The highest BCUT2D eigenvalue weighted by atomic mass is 35.5. The summed E-state index contributed by atoms with van der Waals surface area (Å²) in [5.74, 6) is 0. The first-order chi connectivity index (χ1) is 7.25. The van der Waals surface area contributed by atoms with E-state index in [-0.39, 0.29) is 5.43 Å². The van der Waals surface area contributed by atoms with E-state index in [1.165, 1.54) is 12.1 Å². The Morgan fingerprint density at radius 1 is 1.27 bits per heavy atom. The third-order valence-corrected chi connectivity index (χ3v) is 2.39. The van der Waals surface area contributed by atoms with Crippen molar-refractivity contribution in [2.24, 2.45) is 0 Å². The van der Waals surface area contributed by atoms with Crippen molar-refractivity contribution in [3.8, 4) is 0 Å². The minimum absolute atomic E-state index is 0.00327. The smallest absolute Gasteiger partial charge is 0.181 e. The second-order valence-electron chi connectivity index (χ2n) is 3.16. The summed E-state index contributed by atoms with van der Waals surface area (Å²) in [6, 6.07) is 6.78. The number of hydrogen-bond acceptors (Lipinski definition) is 2. The van der Waals surface area contributed by atoms with Gasteiger partial charge in [-0.15, -0.1) is 0 Å². The third-order valence-electron chi connectivity index (χ3n) is 2.05. The van der Waals surface area contributed by atoms with Crippen LogP contribution in [0.1, 0.15) is 5.56 Å². The highest BCUT2D eigenvalue weighted by Crippen LogP contribution is 2.12. The molecule has 0 atom stereocenters. The minimum Gasteiger partial charge on any atom is -0.350 e. The minimum atomic E-state index is 0.00327. The summed E-state index contributed by atoms with van der Waals surface area (Å²) in [6.07, 6.45) is 5.11. The molecule has 0 saturated heterocycles. The Bertz CT molecular complexity index is 501. The van der Waals surface area contributed by atoms with Gasteiger partial charge in [-0.1, -0.05) is 17.7 Å². The first-order valence-corrected chi connectivity index (χ1v) is 4.89. The van der Waals surface area contributed by atoms with Crippen LogP contribution in [-0.2, 0) is 6.54 Å². The van der Waals surface area contributed by atoms with E-state index in [4.69, 9.17) is 11.6 Å². The number of pyridine rings is 2. The van der Waals surface area contributed by atoms with Gasteiger partial charge in [-0.05, 0) is 6.07 Å². The molecule has 0 fully saturated rings. The Kier molecular flexibility index (Phi) is 2.83. The van der Waals surface area contributed by atoms with Crippen molar-refractivity contribution in [1.82, 2.24) is 9.55 Å². The fourth-order valence-corrected chi connectivity index (χ4v) is 1.46. The van der Waals surface area contributed by atoms with Crippen molar-refractivity contribution in [3.63, 3.8) is 0 Å². The molecule has 0 bridgehead atoms. The maximum absolute atomic E-state index is 10.9. The number of nitrogens with zero attached hydrogens (tertiary/aromatic N) is 2. The molecule has 15 heavy (non-hydrogen) atoms. The van der Waals surface area contributed by atoms with E-state index in [1.807, 2.05) is 16.7 Å².